The van der Waals surface area contributed by atoms with Crippen LogP contribution in [0.3, 0.4) is 0 Å². The molecule has 2 heteroatoms. The van der Waals surface area contributed by atoms with E-state index < -0.39 is 0 Å². The first kappa shape index (κ1) is 29.4. The van der Waals surface area contributed by atoms with Gasteiger partial charge in [-0.2, -0.15) is 0 Å². The highest BCUT2D eigenvalue weighted by atomic mass is 16.3. The van der Waals surface area contributed by atoms with E-state index in [1.165, 1.54) is 55.3 Å². The Morgan fingerprint density at radius 3 is 1.65 bits per heavy atom. The van der Waals surface area contributed by atoms with Crippen LogP contribution < -0.4 is 0 Å². The minimum Gasteiger partial charge on any atom is -0.456 e. The fourth-order valence-corrected chi connectivity index (χ4v) is 8.95. The number of rotatable bonds is 4. The Morgan fingerprint density at radius 1 is 0.222 bits per heavy atom. The molecule has 1 aliphatic rings. The summed E-state index contributed by atoms with van der Waals surface area (Å²) in [6.07, 6.45) is 0. The molecule has 0 aliphatic heterocycles. The minimum absolute atomic E-state index is 0.883. The van der Waals surface area contributed by atoms with Gasteiger partial charge in [-0.25, -0.2) is 0 Å². The summed E-state index contributed by atoms with van der Waals surface area (Å²) < 4.78 is 12.8. The van der Waals surface area contributed by atoms with Crippen molar-refractivity contribution in [2.75, 3.05) is 0 Å². The third-order valence-electron chi connectivity index (χ3n) is 11.4. The maximum atomic E-state index is 6.58. The van der Waals surface area contributed by atoms with Crippen molar-refractivity contribution >= 4 is 54.6 Å². The van der Waals surface area contributed by atoms with Gasteiger partial charge in [0.2, 0.25) is 0 Å². The fourth-order valence-electron chi connectivity index (χ4n) is 8.95. The molecular weight excluding hydrogens is 657 g/mol. The number of hydrogen-bond acceptors (Lipinski definition) is 2. The van der Waals surface area contributed by atoms with E-state index in [4.69, 9.17) is 8.83 Å². The van der Waals surface area contributed by atoms with Crippen molar-refractivity contribution in [1.29, 1.82) is 0 Å². The third-order valence-corrected chi connectivity index (χ3v) is 11.4. The standard InChI is InChI=1S/C52H30O2/c1-2-10-31(11-3-1)34-26-35(32-20-24-48-45(29-32)41-14-6-7-18-47(41)53-48)28-36(27-34)38-15-9-19-50-52(38)46-30-33(21-25-49(46)54-50)37-22-23-44-40-13-5-4-12-39(40)43-17-8-16-42(37)51(43)44/h1-30H. The summed E-state index contributed by atoms with van der Waals surface area (Å²) in [6, 6.07) is 65.6. The molecule has 11 aromatic rings. The van der Waals surface area contributed by atoms with Crippen molar-refractivity contribution < 1.29 is 8.83 Å². The summed E-state index contributed by atoms with van der Waals surface area (Å²) in [7, 11) is 0. The first-order valence-electron chi connectivity index (χ1n) is 18.5. The van der Waals surface area contributed by atoms with Crippen LogP contribution in [0.1, 0.15) is 0 Å². The van der Waals surface area contributed by atoms with Crippen LogP contribution in [0.5, 0.6) is 0 Å². The summed E-state index contributed by atoms with van der Waals surface area (Å²) >= 11 is 0. The first-order valence-corrected chi connectivity index (χ1v) is 18.5. The van der Waals surface area contributed by atoms with Crippen LogP contribution in [0, 0.1) is 0 Å². The summed E-state index contributed by atoms with van der Waals surface area (Å²) in [5, 5.41) is 7.10. The average Bonchev–Trinajstić information content (AvgIpc) is 3.91. The predicted molar refractivity (Wildman–Crippen MR) is 225 cm³/mol. The first-order chi connectivity index (χ1) is 26.7. The Labute approximate surface area is 311 Å². The highest BCUT2D eigenvalue weighted by Crippen LogP contribution is 2.50. The third kappa shape index (κ3) is 4.28. The lowest BCUT2D eigenvalue weighted by Crippen LogP contribution is -1.87. The van der Waals surface area contributed by atoms with E-state index in [2.05, 4.69) is 170 Å². The zero-order valence-electron chi connectivity index (χ0n) is 29.1. The van der Waals surface area contributed by atoms with E-state index in [0.29, 0.717) is 0 Å². The fraction of sp³-hybridized carbons (Fsp3) is 0. The second-order valence-corrected chi connectivity index (χ2v) is 14.4. The summed E-state index contributed by atoms with van der Waals surface area (Å²) in [4.78, 5) is 0. The Kier molecular flexibility index (Phi) is 6.09. The smallest absolute Gasteiger partial charge is 0.136 e. The molecule has 2 aromatic heterocycles. The van der Waals surface area contributed by atoms with E-state index in [1.807, 2.05) is 12.1 Å². The zero-order chi connectivity index (χ0) is 35.3. The van der Waals surface area contributed by atoms with E-state index in [-0.39, 0.29) is 0 Å². The van der Waals surface area contributed by atoms with Crippen molar-refractivity contribution in [3.05, 3.63) is 182 Å². The van der Waals surface area contributed by atoms with Crippen molar-refractivity contribution in [1.82, 2.24) is 0 Å². The van der Waals surface area contributed by atoms with Gasteiger partial charge in [-0.3, -0.25) is 0 Å². The molecular formula is C52H30O2. The van der Waals surface area contributed by atoms with E-state index in [0.717, 1.165) is 66.1 Å². The van der Waals surface area contributed by atoms with E-state index in [9.17, 15) is 0 Å². The number of para-hydroxylation sites is 1. The van der Waals surface area contributed by atoms with Crippen LogP contribution in [0.15, 0.2) is 191 Å². The number of furan rings is 2. The van der Waals surface area contributed by atoms with Crippen LogP contribution in [0.4, 0.5) is 0 Å². The highest BCUT2D eigenvalue weighted by molar-refractivity contribution is 6.20. The second kappa shape index (κ2) is 11.2. The number of fused-ring (bicyclic) bond motifs is 9. The van der Waals surface area contributed by atoms with Gasteiger partial charge in [-0.15, -0.1) is 0 Å². The van der Waals surface area contributed by atoms with Gasteiger partial charge in [0.15, 0.2) is 0 Å². The summed E-state index contributed by atoms with van der Waals surface area (Å²) in [5.41, 5.74) is 18.2. The molecule has 0 bridgehead atoms. The van der Waals surface area contributed by atoms with Gasteiger partial charge in [0, 0.05) is 21.5 Å². The van der Waals surface area contributed by atoms with Crippen molar-refractivity contribution in [3.8, 4) is 66.8 Å². The Bertz CT molecular complexity index is 3290. The summed E-state index contributed by atoms with van der Waals surface area (Å²) in [5.74, 6) is 0. The molecule has 0 saturated heterocycles. The van der Waals surface area contributed by atoms with Gasteiger partial charge in [-0.1, -0.05) is 127 Å². The van der Waals surface area contributed by atoms with Crippen LogP contribution in [-0.2, 0) is 0 Å². The lowest BCUT2D eigenvalue weighted by atomic mass is 9.90. The molecule has 1 aliphatic carbocycles. The van der Waals surface area contributed by atoms with Crippen LogP contribution >= 0.6 is 0 Å². The van der Waals surface area contributed by atoms with Crippen molar-refractivity contribution in [3.63, 3.8) is 0 Å². The SMILES string of the molecule is c1ccc(-c2cc(-c3ccc4oc5ccccc5c4c3)cc(-c3cccc4oc5ccc(-c6ccc7c8c(cccc68)-c6ccccc6-7)cc5c34)c2)cc1. The normalized spacial score (nSPS) is 12.1. The van der Waals surface area contributed by atoms with Gasteiger partial charge in [0.1, 0.15) is 22.3 Å². The molecule has 2 nitrogen and oxygen atoms in total. The lowest BCUT2D eigenvalue weighted by Gasteiger charge is -2.13. The number of benzene rings is 9. The number of hydrogen-bond donors (Lipinski definition) is 0. The average molecular weight is 687 g/mol. The molecule has 250 valence electrons. The van der Waals surface area contributed by atoms with Gasteiger partial charge in [0.25, 0.3) is 0 Å². The Balaban J connectivity index is 1.06. The predicted octanol–water partition coefficient (Wildman–Crippen LogP) is 15.0. The monoisotopic (exact) mass is 686 g/mol. The molecule has 0 N–H and O–H groups in total. The Morgan fingerprint density at radius 2 is 0.778 bits per heavy atom. The van der Waals surface area contributed by atoms with Gasteiger partial charge < -0.3 is 8.83 Å². The van der Waals surface area contributed by atoms with Crippen LogP contribution in [-0.4, -0.2) is 0 Å². The minimum atomic E-state index is 0.883. The topological polar surface area (TPSA) is 26.3 Å². The van der Waals surface area contributed by atoms with Gasteiger partial charge in [0.05, 0.1) is 0 Å². The molecule has 0 saturated carbocycles. The van der Waals surface area contributed by atoms with Crippen LogP contribution in [0.2, 0.25) is 0 Å². The largest absolute Gasteiger partial charge is 0.456 e. The zero-order valence-corrected chi connectivity index (χ0v) is 29.1. The van der Waals surface area contributed by atoms with Crippen molar-refractivity contribution in [2.24, 2.45) is 0 Å². The van der Waals surface area contributed by atoms with Gasteiger partial charge in [-0.05, 0) is 132 Å². The van der Waals surface area contributed by atoms with Gasteiger partial charge >= 0.3 is 0 Å². The molecule has 0 unspecified atom stereocenters. The molecule has 2 heterocycles. The molecule has 0 spiro atoms. The highest BCUT2D eigenvalue weighted by Gasteiger charge is 2.23. The lowest BCUT2D eigenvalue weighted by molar-refractivity contribution is 0.668. The quantitative estimate of drug-likeness (QED) is 0.184. The van der Waals surface area contributed by atoms with E-state index in [1.54, 1.807) is 0 Å². The Hall–Kier alpha value is -7.16. The maximum absolute atomic E-state index is 6.58. The molecule has 0 atom stereocenters. The molecule has 54 heavy (non-hydrogen) atoms. The molecule has 9 aromatic carbocycles. The molecule has 0 amide bonds. The van der Waals surface area contributed by atoms with E-state index >= 15 is 0 Å². The van der Waals surface area contributed by atoms with Crippen LogP contribution in [0.25, 0.3) is 121 Å². The molecule has 0 fully saturated rings. The maximum Gasteiger partial charge on any atom is 0.136 e. The van der Waals surface area contributed by atoms with Crippen molar-refractivity contribution in [2.45, 2.75) is 0 Å². The second-order valence-electron chi connectivity index (χ2n) is 14.4. The molecule has 12 rings (SSSR count). The molecule has 0 radical (unpaired) electrons. The summed E-state index contributed by atoms with van der Waals surface area (Å²) in [6.45, 7) is 0.